The molecule has 0 saturated carbocycles. The van der Waals surface area contributed by atoms with Crippen molar-refractivity contribution in [1.82, 2.24) is 19.4 Å². The van der Waals surface area contributed by atoms with Gasteiger partial charge in [0.1, 0.15) is 11.6 Å². The summed E-state index contributed by atoms with van der Waals surface area (Å²) in [5.41, 5.74) is 0.647. The molecule has 4 rings (SSSR count). The lowest BCUT2D eigenvalue weighted by Gasteiger charge is -2.31. The number of piperidine rings is 1. The average Bonchev–Trinajstić information content (AvgIpc) is 3.40. The first kappa shape index (κ1) is 18.4. The number of carbonyl (C=O) groups is 2. The third kappa shape index (κ3) is 3.82. The van der Waals surface area contributed by atoms with Crippen molar-refractivity contribution in [2.45, 2.75) is 19.8 Å². The molecule has 0 spiro atoms. The van der Waals surface area contributed by atoms with Crippen LogP contribution in [0.2, 0.25) is 0 Å². The molecule has 7 nitrogen and oxygen atoms in total. The number of hydrogen-bond donors (Lipinski definition) is 1. The predicted molar refractivity (Wildman–Crippen MR) is 108 cm³/mol. The highest BCUT2D eigenvalue weighted by molar-refractivity contribution is 7.12. The standard InChI is InChI=1S/C20H21N5O2S/c1-14-21-8-10-25(14)18-7-6-16(12-22-18)23-19(26)15-4-2-9-24(13-15)20(27)17-5-3-11-28-17/h3,5-8,10-12,15H,2,4,9,13H2,1H3,(H,23,26)/t15-/m1/s1. The first-order valence-electron chi connectivity index (χ1n) is 9.22. The van der Waals surface area contributed by atoms with E-state index < -0.39 is 0 Å². The van der Waals surface area contributed by atoms with Crippen LogP contribution >= 0.6 is 11.3 Å². The summed E-state index contributed by atoms with van der Waals surface area (Å²) in [5, 5.41) is 4.82. The summed E-state index contributed by atoms with van der Waals surface area (Å²) >= 11 is 1.43. The van der Waals surface area contributed by atoms with E-state index in [1.54, 1.807) is 17.3 Å². The molecule has 1 saturated heterocycles. The van der Waals surface area contributed by atoms with Crippen LogP contribution in [-0.4, -0.2) is 44.3 Å². The van der Waals surface area contributed by atoms with Crippen LogP contribution in [0.5, 0.6) is 0 Å². The second kappa shape index (κ2) is 7.93. The Balaban J connectivity index is 1.39. The number of nitrogens with zero attached hydrogens (tertiary/aromatic N) is 4. The minimum absolute atomic E-state index is 0.00854. The molecule has 0 unspecified atom stereocenters. The van der Waals surface area contributed by atoms with E-state index in [0.29, 0.717) is 18.8 Å². The molecule has 0 aliphatic carbocycles. The highest BCUT2D eigenvalue weighted by Gasteiger charge is 2.29. The summed E-state index contributed by atoms with van der Waals surface area (Å²) in [6.07, 6.45) is 6.81. The van der Waals surface area contributed by atoms with Gasteiger partial charge in [0.15, 0.2) is 0 Å². The van der Waals surface area contributed by atoms with E-state index in [4.69, 9.17) is 0 Å². The summed E-state index contributed by atoms with van der Waals surface area (Å²) in [5.74, 6) is 1.32. The maximum absolute atomic E-state index is 12.7. The molecule has 1 atom stereocenters. The topological polar surface area (TPSA) is 80.1 Å². The molecule has 0 aromatic carbocycles. The number of nitrogens with one attached hydrogen (secondary N) is 1. The van der Waals surface area contributed by atoms with Crippen LogP contribution in [0, 0.1) is 12.8 Å². The maximum atomic E-state index is 12.7. The molecule has 1 N–H and O–H groups in total. The summed E-state index contributed by atoms with van der Waals surface area (Å²) in [6.45, 7) is 3.05. The molecule has 144 valence electrons. The fourth-order valence-electron chi connectivity index (χ4n) is 3.40. The third-order valence-corrected chi connectivity index (χ3v) is 5.76. The fraction of sp³-hybridized carbons (Fsp3) is 0.300. The van der Waals surface area contributed by atoms with Gasteiger partial charge in [-0.3, -0.25) is 14.2 Å². The van der Waals surface area contributed by atoms with Crippen molar-refractivity contribution in [3.63, 3.8) is 0 Å². The second-order valence-electron chi connectivity index (χ2n) is 6.81. The quantitative estimate of drug-likeness (QED) is 0.736. The maximum Gasteiger partial charge on any atom is 0.263 e. The summed E-state index contributed by atoms with van der Waals surface area (Å²) in [7, 11) is 0. The van der Waals surface area contributed by atoms with Crippen LogP contribution in [0.15, 0.2) is 48.2 Å². The molecule has 0 radical (unpaired) electrons. The van der Waals surface area contributed by atoms with Crippen LogP contribution in [0.25, 0.3) is 5.82 Å². The Bertz CT molecular complexity index is 965. The summed E-state index contributed by atoms with van der Waals surface area (Å²) < 4.78 is 1.88. The van der Waals surface area contributed by atoms with Crippen molar-refractivity contribution in [3.8, 4) is 5.82 Å². The Morgan fingerprint density at radius 1 is 1.25 bits per heavy atom. The van der Waals surface area contributed by atoms with E-state index in [-0.39, 0.29) is 17.7 Å². The molecule has 3 aromatic heterocycles. The van der Waals surface area contributed by atoms with Crippen molar-refractivity contribution in [2.75, 3.05) is 18.4 Å². The number of aryl methyl sites for hydroxylation is 1. The Kier molecular flexibility index (Phi) is 5.21. The molecule has 1 aliphatic rings. The number of likely N-dealkylation sites (tertiary alicyclic amines) is 1. The van der Waals surface area contributed by atoms with Gasteiger partial charge >= 0.3 is 0 Å². The van der Waals surface area contributed by atoms with Crippen molar-refractivity contribution < 1.29 is 9.59 Å². The lowest BCUT2D eigenvalue weighted by molar-refractivity contribution is -0.121. The van der Waals surface area contributed by atoms with Crippen LogP contribution in [-0.2, 0) is 4.79 Å². The van der Waals surface area contributed by atoms with Crippen molar-refractivity contribution in [1.29, 1.82) is 0 Å². The van der Waals surface area contributed by atoms with E-state index in [2.05, 4.69) is 15.3 Å². The van der Waals surface area contributed by atoms with Gasteiger partial charge in [0.25, 0.3) is 5.91 Å². The number of carbonyl (C=O) groups excluding carboxylic acids is 2. The monoisotopic (exact) mass is 395 g/mol. The Morgan fingerprint density at radius 3 is 2.82 bits per heavy atom. The number of thiophene rings is 1. The number of imidazole rings is 1. The Hall–Kier alpha value is -3.00. The predicted octanol–water partition coefficient (Wildman–Crippen LogP) is 3.13. The van der Waals surface area contributed by atoms with Crippen LogP contribution in [0.4, 0.5) is 5.69 Å². The average molecular weight is 395 g/mol. The van der Waals surface area contributed by atoms with E-state index in [0.717, 1.165) is 29.4 Å². The molecule has 0 bridgehead atoms. The number of hydrogen-bond acceptors (Lipinski definition) is 5. The molecule has 8 heteroatoms. The molecular formula is C20H21N5O2S. The minimum atomic E-state index is -0.215. The first-order chi connectivity index (χ1) is 13.6. The molecule has 3 aromatic rings. The first-order valence-corrected chi connectivity index (χ1v) is 10.1. The van der Waals surface area contributed by atoms with Gasteiger partial charge in [-0.15, -0.1) is 11.3 Å². The van der Waals surface area contributed by atoms with Crippen LogP contribution < -0.4 is 5.32 Å². The van der Waals surface area contributed by atoms with Crippen molar-refractivity contribution in [2.24, 2.45) is 5.92 Å². The lowest BCUT2D eigenvalue weighted by atomic mass is 9.97. The van der Waals surface area contributed by atoms with Gasteiger partial charge < -0.3 is 10.2 Å². The number of rotatable bonds is 4. The number of aromatic nitrogens is 3. The molecule has 28 heavy (non-hydrogen) atoms. The van der Waals surface area contributed by atoms with Gasteiger partial charge in [0.05, 0.1) is 22.7 Å². The van der Waals surface area contributed by atoms with Gasteiger partial charge in [-0.25, -0.2) is 9.97 Å². The molecule has 1 fully saturated rings. The van der Waals surface area contributed by atoms with Gasteiger partial charge in [-0.05, 0) is 43.3 Å². The smallest absolute Gasteiger partial charge is 0.263 e. The molecule has 4 heterocycles. The summed E-state index contributed by atoms with van der Waals surface area (Å²) in [4.78, 5) is 36.3. The van der Waals surface area contributed by atoms with Crippen molar-refractivity contribution >= 4 is 28.8 Å². The minimum Gasteiger partial charge on any atom is -0.337 e. The van der Waals surface area contributed by atoms with Crippen LogP contribution in [0.3, 0.4) is 0 Å². The zero-order chi connectivity index (χ0) is 19.5. The van der Waals surface area contributed by atoms with E-state index in [1.807, 2.05) is 47.3 Å². The fourth-order valence-corrected chi connectivity index (χ4v) is 4.09. The molecule has 1 aliphatic heterocycles. The zero-order valence-electron chi connectivity index (χ0n) is 15.5. The highest BCUT2D eigenvalue weighted by Crippen LogP contribution is 2.22. The lowest BCUT2D eigenvalue weighted by Crippen LogP contribution is -2.43. The van der Waals surface area contributed by atoms with Gasteiger partial charge in [-0.2, -0.15) is 0 Å². The van der Waals surface area contributed by atoms with Gasteiger partial charge in [-0.1, -0.05) is 6.07 Å². The largest absolute Gasteiger partial charge is 0.337 e. The molecule has 2 amide bonds. The molecular weight excluding hydrogens is 374 g/mol. The Morgan fingerprint density at radius 2 is 2.14 bits per heavy atom. The third-order valence-electron chi connectivity index (χ3n) is 4.90. The van der Waals surface area contributed by atoms with Crippen molar-refractivity contribution in [3.05, 3.63) is 58.9 Å². The zero-order valence-corrected chi connectivity index (χ0v) is 16.4. The van der Waals surface area contributed by atoms with E-state index in [9.17, 15) is 9.59 Å². The van der Waals surface area contributed by atoms with Crippen LogP contribution in [0.1, 0.15) is 28.3 Å². The number of pyridine rings is 1. The summed E-state index contributed by atoms with van der Waals surface area (Å²) in [6, 6.07) is 7.37. The SMILES string of the molecule is Cc1nccn1-c1ccc(NC(=O)[C@@H]2CCCN(C(=O)c3cccs3)C2)cn1. The normalized spacial score (nSPS) is 16.8. The van der Waals surface area contributed by atoms with E-state index >= 15 is 0 Å². The number of anilines is 1. The highest BCUT2D eigenvalue weighted by atomic mass is 32.1. The van der Waals surface area contributed by atoms with E-state index in [1.165, 1.54) is 11.3 Å². The van der Waals surface area contributed by atoms with Gasteiger partial charge in [0, 0.05) is 25.5 Å². The number of amides is 2. The Labute approximate surface area is 167 Å². The van der Waals surface area contributed by atoms with Gasteiger partial charge in [0.2, 0.25) is 5.91 Å². The second-order valence-corrected chi connectivity index (χ2v) is 7.75.